The van der Waals surface area contributed by atoms with E-state index in [4.69, 9.17) is 5.73 Å². The quantitative estimate of drug-likeness (QED) is 0.543. The molecule has 0 fully saturated rings. The van der Waals surface area contributed by atoms with Gasteiger partial charge in [-0.05, 0) is 26.7 Å². The van der Waals surface area contributed by atoms with E-state index in [1.165, 1.54) is 11.1 Å². The maximum Gasteiger partial charge on any atom is 0.0111 e. The van der Waals surface area contributed by atoms with Crippen molar-refractivity contribution in [3.8, 4) is 0 Å². The molecule has 0 radical (unpaired) electrons. The van der Waals surface area contributed by atoms with E-state index < -0.39 is 0 Å². The Morgan fingerprint density at radius 2 is 2.20 bits per heavy atom. The van der Waals surface area contributed by atoms with E-state index in [2.05, 4.69) is 26.0 Å². The Morgan fingerprint density at radius 3 is 2.90 bits per heavy atom. The first-order valence-corrected chi connectivity index (χ1v) is 3.78. The third-order valence-corrected chi connectivity index (χ3v) is 2.05. The first-order valence-electron chi connectivity index (χ1n) is 3.78. The summed E-state index contributed by atoms with van der Waals surface area (Å²) in [5.74, 6) is 0. The Balaban J connectivity index is 2.75. The van der Waals surface area contributed by atoms with Crippen LogP contribution in [0, 0.1) is 0 Å². The fourth-order valence-electron chi connectivity index (χ4n) is 1.20. The maximum absolute atomic E-state index is 5.80. The van der Waals surface area contributed by atoms with Gasteiger partial charge in [0.15, 0.2) is 0 Å². The molecule has 1 rings (SSSR count). The van der Waals surface area contributed by atoms with Gasteiger partial charge in [0.05, 0.1) is 0 Å². The van der Waals surface area contributed by atoms with Crippen LogP contribution in [0.1, 0.15) is 26.7 Å². The van der Waals surface area contributed by atoms with Crippen LogP contribution < -0.4 is 5.73 Å². The summed E-state index contributed by atoms with van der Waals surface area (Å²) in [5.41, 5.74) is 8.62. The highest BCUT2D eigenvalue weighted by Gasteiger charge is 2.05. The van der Waals surface area contributed by atoms with E-state index >= 15 is 0 Å². The zero-order valence-corrected chi connectivity index (χ0v) is 6.72. The Morgan fingerprint density at radius 1 is 1.50 bits per heavy atom. The molecular formula is C9H15N. The van der Waals surface area contributed by atoms with Crippen LogP contribution in [-0.2, 0) is 0 Å². The first kappa shape index (κ1) is 7.55. The van der Waals surface area contributed by atoms with Gasteiger partial charge in [-0.2, -0.15) is 0 Å². The lowest BCUT2D eigenvalue weighted by Crippen LogP contribution is -2.18. The molecule has 0 aromatic carbocycles. The summed E-state index contributed by atoms with van der Waals surface area (Å²) in [5, 5.41) is 0. The van der Waals surface area contributed by atoms with E-state index in [1.54, 1.807) is 0 Å². The lowest BCUT2D eigenvalue weighted by molar-refractivity contribution is 0.677. The van der Waals surface area contributed by atoms with Crippen LogP contribution in [0.4, 0.5) is 0 Å². The fourth-order valence-corrected chi connectivity index (χ4v) is 1.20. The van der Waals surface area contributed by atoms with Gasteiger partial charge in [0.1, 0.15) is 0 Å². The van der Waals surface area contributed by atoms with Gasteiger partial charge < -0.3 is 5.73 Å². The van der Waals surface area contributed by atoms with Crippen LogP contribution in [0.3, 0.4) is 0 Å². The first-order chi connectivity index (χ1) is 4.70. The summed E-state index contributed by atoms with van der Waals surface area (Å²) < 4.78 is 0. The molecule has 1 unspecified atom stereocenters. The Kier molecular flexibility index (Phi) is 2.28. The molecule has 1 atom stereocenters. The molecule has 0 bridgehead atoms. The molecule has 10 heavy (non-hydrogen) atoms. The van der Waals surface area contributed by atoms with Crippen LogP contribution in [0.25, 0.3) is 0 Å². The maximum atomic E-state index is 5.80. The summed E-state index contributed by atoms with van der Waals surface area (Å²) in [6, 6.07) is 0.341. The summed E-state index contributed by atoms with van der Waals surface area (Å²) in [7, 11) is 0. The van der Waals surface area contributed by atoms with Crippen molar-refractivity contribution >= 4 is 0 Å². The molecule has 56 valence electrons. The van der Waals surface area contributed by atoms with Crippen molar-refractivity contribution in [3.63, 3.8) is 0 Å². The van der Waals surface area contributed by atoms with E-state index in [0.29, 0.717) is 6.04 Å². The normalized spacial score (nSPS) is 26.9. The number of hydrogen-bond donors (Lipinski definition) is 1. The van der Waals surface area contributed by atoms with Gasteiger partial charge in [-0.1, -0.05) is 23.3 Å². The Bertz CT molecular complexity index is 177. The lowest BCUT2D eigenvalue weighted by Gasteiger charge is -2.06. The predicted octanol–water partition coefficient (Wildman–Crippen LogP) is 2.00. The van der Waals surface area contributed by atoms with E-state index in [9.17, 15) is 0 Å². The van der Waals surface area contributed by atoms with E-state index in [1.807, 2.05) is 0 Å². The minimum absolute atomic E-state index is 0.341. The molecule has 0 saturated heterocycles. The summed E-state index contributed by atoms with van der Waals surface area (Å²) in [6.45, 7) is 4.30. The van der Waals surface area contributed by atoms with Gasteiger partial charge in [-0.25, -0.2) is 0 Å². The van der Waals surface area contributed by atoms with Gasteiger partial charge in [0.2, 0.25) is 0 Å². The second-order valence-electron chi connectivity index (χ2n) is 3.07. The Labute approximate surface area is 62.6 Å². The van der Waals surface area contributed by atoms with Gasteiger partial charge in [-0.15, -0.1) is 0 Å². The molecule has 1 aliphatic rings. The molecule has 0 amide bonds. The highest BCUT2D eigenvalue weighted by atomic mass is 14.6. The van der Waals surface area contributed by atoms with Crippen molar-refractivity contribution in [1.82, 2.24) is 0 Å². The topological polar surface area (TPSA) is 26.0 Å². The van der Waals surface area contributed by atoms with Crippen LogP contribution in [0.2, 0.25) is 0 Å². The average molecular weight is 137 g/mol. The number of nitrogens with two attached hydrogens (primary N) is 1. The molecule has 0 spiro atoms. The van der Waals surface area contributed by atoms with Crippen molar-refractivity contribution in [2.45, 2.75) is 32.7 Å². The minimum atomic E-state index is 0.341. The smallest absolute Gasteiger partial charge is 0.0111 e. The molecule has 1 heteroatoms. The molecular weight excluding hydrogens is 122 g/mol. The molecule has 2 N–H and O–H groups in total. The molecule has 1 nitrogen and oxygen atoms in total. The molecule has 0 aromatic heterocycles. The van der Waals surface area contributed by atoms with Crippen molar-refractivity contribution in [1.29, 1.82) is 0 Å². The number of rotatable bonds is 0. The third-order valence-electron chi connectivity index (χ3n) is 2.05. The third kappa shape index (κ3) is 1.71. The van der Waals surface area contributed by atoms with Crippen molar-refractivity contribution in [2.75, 3.05) is 0 Å². The molecule has 0 heterocycles. The van der Waals surface area contributed by atoms with Crippen molar-refractivity contribution < 1.29 is 0 Å². The summed E-state index contributed by atoms with van der Waals surface area (Å²) in [4.78, 5) is 0. The minimum Gasteiger partial charge on any atom is -0.327 e. The predicted molar refractivity (Wildman–Crippen MR) is 44.7 cm³/mol. The number of hydrogen-bond acceptors (Lipinski definition) is 1. The van der Waals surface area contributed by atoms with Crippen LogP contribution in [0.15, 0.2) is 23.3 Å². The highest BCUT2D eigenvalue weighted by Crippen LogP contribution is 2.16. The monoisotopic (exact) mass is 137 g/mol. The SMILES string of the molecule is CC1=C(C)CC(N)CC=C1. The molecule has 0 aromatic rings. The van der Waals surface area contributed by atoms with Gasteiger partial charge in [-0.3, -0.25) is 0 Å². The second-order valence-corrected chi connectivity index (χ2v) is 3.07. The Hall–Kier alpha value is -0.560. The van der Waals surface area contributed by atoms with Crippen LogP contribution >= 0.6 is 0 Å². The van der Waals surface area contributed by atoms with E-state index in [-0.39, 0.29) is 0 Å². The van der Waals surface area contributed by atoms with Crippen LogP contribution in [0.5, 0.6) is 0 Å². The van der Waals surface area contributed by atoms with Gasteiger partial charge in [0.25, 0.3) is 0 Å². The molecule has 0 saturated carbocycles. The molecule has 0 aliphatic heterocycles. The van der Waals surface area contributed by atoms with Gasteiger partial charge >= 0.3 is 0 Å². The van der Waals surface area contributed by atoms with Crippen molar-refractivity contribution in [2.24, 2.45) is 5.73 Å². The number of allylic oxidation sites excluding steroid dienone is 2. The highest BCUT2D eigenvalue weighted by molar-refractivity contribution is 5.25. The average Bonchev–Trinajstić information content (AvgIpc) is 1.96. The summed E-state index contributed by atoms with van der Waals surface area (Å²) in [6.07, 6.45) is 6.41. The summed E-state index contributed by atoms with van der Waals surface area (Å²) >= 11 is 0. The van der Waals surface area contributed by atoms with Crippen LogP contribution in [-0.4, -0.2) is 6.04 Å². The van der Waals surface area contributed by atoms with Crippen molar-refractivity contribution in [3.05, 3.63) is 23.3 Å². The lowest BCUT2D eigenvalue weighted by atomic mass is 10.1. The standard InChI is InChI=1S/C9H15N/c1-7-4-3-5-9(10)6-8(7)2/h3-4,9H,5-6,10H2,1-2H3. The zero-order valence-electron chi connectivity index (χ0n) is 6.72. The largest absolute Gasteiger partial charge is 0.327 e. The zero-order chi connectivity index (χ0) is 7.56. The molecule has 1 aliphatic carbocycles. The fraction of sp³-hybridized carbons (Fsp3) is 0.556. The van der Waals surface area contributed by atoms with Gasteiger partial charge in [0, 0.05) is 6.04 Å². The second kappa shape index (κ2) is 3.02. The van der Waals surface area contributed by atoms with E-state index in [0.717, 1.165) is 12.8 Å².